The maximum atomic E-state index is 11.8. The Morgan fingerprint density at radius 1 is 1.09 bits per heavy atom. The summed E-state index contributed by atoms with van der Waals surface area (Å²) < 4.78 is 15.3. The second-order valence-electron chi connectivity index (χ2n) is 4.99. The summed E-state index contributed by atoms with van der Waals surface area (Å²) >= 11 is 0. The topological polar surface area (TPSA) is 78.9 Å². The van der Waals surface area contributed by atoms with E-state index < -0.39 is 12.1 Å². The van der Waals surface area contributed by atoms with Gasteiger partial charge in [-0.3, -0.25) is 14.4 Å². The van der Waals surface area contributed by atoms with Crippen molar-refractivity contribution in [1.29, 1.82) is 0 Å². The molecule has 1 aromatic rings. The van der Waals surface area contributed by atoms with Gasteiger partial charge in [0.2, 0.25) is 6.10 Å². The second-order valence-corrected chi connectivity index (χ2v) is 4.99. The zero-order valence-corrected chi connectivity index (χ0v) is 12.6. The van der Waals surface area contributed by atoms with Crippen molar-refractivity contribution in [3.05, 3.63) is 23.8 Å². The van der Waals surface area contributed by atoms with Crippen LogP contribution in [-0.4, -0.2) is 37.9 Å². The van der Waals surface area contributed by atoms with Crippen LogP contribution in [-0.2, 0) is 25.5 Å². The molecule has 0 atom stereocenters. The maximum absolute atomic E-state index is 11.8. The molecule has 0 aromatic heterocycles. The standard InChI is InChI=1S/C16H18O6/c1-20-13-7-3-10(9-14(13)21-2)4-8-15(19)22-16-11(17)5-6-12(16)18/h3,7,9,16H,4-6,8H2,1-2H3. The summed E-state index contributed by atoms with van der Waals surface area (Å²) in [7, 11) is 3.08. The van der Waals surface area contributed by atoms with Gasteiger partial charge in [0.25, 0.3) is 0 Å². The van der Waals surface area contributed by atoms with E-state index in [0.29, 0.717) is 17.9 Å². The molecule has 0 amide bonds. The molecule has 6 nitrogen and oxygen atoms in total. The number of ether oxygens (including phenoxy) is 3. The fourth-order valence-electron chi connectivity index (χ4n) is 2.29. The predicted molar refractivity (Wildman–Crippen MR) is 77.0 cm³/mol. The Labute approximate surface area is 128 Å². The molecule has 1 aliphatic carbocycles. The first kappa shape index (κ1) is 16.0. The first-order valence-electron chi connectivity index (χ1n) is 7.01. The quantitative estimate of drug-likeness (QED) is 0.585. The van der Waals surface area contributed by atoms with Gasteiger partial charge in [-0.05, 0) is 24.1 Å². The van der Waals surface area contributed by atoms with Crippen LogP contribution in [0, 0.1) is 0 Å². The maximum Gasteiger partial charge on any atom is 0.307 e. The molecule has 0 N–H and O–H groups in total. The van der Waals surface area contributed by atoms with E-state index in [1.54, 1.807) is 19.2 Å². The van der Waals surface area contributed by atoms with Gasteiger partial charge in [0.05, 0.1) is 14.2 Å². The van der Waals surface area contributed by atoms with Crippen molar-refractivity contribution in [2.45, 2.75) is 31.8 Å². The smallest absolute Gasteiger partial charge is 0.307 e. The fraction of sp³-hybridized carbons (Fsp3) is 0.438. The lowest BCUT2D eigenvalue weighted by Gasteiger charge is -2.11. The van der Waals surface area contributed by atoms with Gasteiger partial charge >= 0.3 is 5.97 Å². The minimum atomic E-state index is -1.20. The summed E-state index contributed by atoms with van der Waals surface area (Å²) in [6.07, 6.45) is -0.363. The molecule has 1 aromatic carbocycles. The number of methoxy groups -OCH3 is 2. The fourth-order valence-corrected chi connectivity index (χ4v) is 2.29. The van der Waals surface area contributed by atoms with Gasteiger partial charge in [0, 0.05) is 19.3 Å². The van der Waals surface area contributed by atoms with Crippen LogP contribution in [0.3, 0.4) is 0 Å². The zero-order valence-electron chi connectivity index (χ0n) is 12.6. The number of carbonyl (C=O) groups is 3. The number of aryl methyl sites for hydroxylation is 1. The van der Waals surface area contributed by atoms with Crippen LogP contribution < -0.4 is 9.47 Å². The van der Waals surface area contributed by atoms with Crippen LogP contribution in [0.1, 0.15) is 24.8 Å². The molecule has 0 bridgehead atoms. The van der Waals surface area contributed by atoms with E-state index in [4.69, 9.17) is 14.2 Å². The molecule has 2 rings (SSSR count). The highest BCUT2D eigenvalue weighted by atomic mass is 16.6. The monoisotopic (exact) mass is 306 g/mol. The van der Waals surface area contributed by atoms with Gasteiger partial charge in [-0.2, -0.15) is 0 Å². The Morgan fingerprint density at radius 2 is 1.73 bits per heavy atom. The average Bonchev–Trinajstić information content (AvgIpc) is 2.84. The number of ketones is 2. The molecule has 1 aliphatic rings. The Balaban J connectivity index is 1.91. The molecule has 0 saturated heterocycles. The summed E-state index contributed by atoms with van der Waals surface area (Å²) in [6.45, 7) is 0. The molecular weight excluding hydrogens is 288 g/mol. The minimum Gasteiger partial charge on any atom is -0.493 e. The number of hydrogen-bond donors (Lipinski definition) is 0. The van der Waals surface area contributed by atoms with Crippen molar-refractivity contribution < 1.29 is 28.6 Å². The van der Waals surface area contributed by atoms with Crippen LogP contribution >= 0.6 is 0 Å². The van der Waals surface area contributed by atoms with E-state index in [1.807, 2.05) is 6.07 Å². The van der Waals surface area contributed by atoms with E-state index >= 15 is 0 Å². The summed E-state index contributed by atoms with van der Waals surface area (Å²) in [4.78, 5) is 34.6. The first-order chi connectivity index (χ1) is 10.5. The molecule has 1 saturated carbocycles. The molecule has 22 heavy (non-hydrogen) atoms. The van der Waals surface area contributed by atoms with E-state index in [-0.39, 0.29) is 30.8 Å². The number of esters is 1. The van der Waals surface area contributed by atoms with Gasteiger partial charge in [-0.25, -0.2) is 0 Å². The van der Waals surface area contributed by atoms with Crippen molar-refractivity contribution >= 4 is 17.5 Å². The highest BCUT2D eigenvalue weighted by molar-refractivity contribution is 6.12. The van der Waals surface area contributed by atoms with Gasteiger partial charge in [0.1, 0.15) is 0 Å². The molecule has 118 valence electrons. The normalized spacial score (nSPS) is 15.0. The number of hydrogen-bond acceptors (Lipinski definition) is 6. The van der Waals surface area contributed by atoms with Crippen molar-refractivity contribution in [3.8, 4) is 11.5 Å². The molecule has 0 heterocycles. The highest BCUT2D eigenvalue weighted by Gasteiger charge is 2.35. The Morgan fingerprint density at radius 3 is 2.32 bits per heavy atom. The molecular formula is C16H18O6. The Kier molecular flexibility index (Phi) is 5.14. The summed E-state index contributed by atoms with van der Waals surface area (Å²) in [6, 6.07) is 5.35. The zero-order chi connectivity index (χ0) is 16.1. The van der Waals surface area contributed by atoms with Crippen molar-refractivity contribution in [3.63, 3.8) is 0 Å². The summed E-state index contributed by atoms with van der Waals surface area (Å²) in [5.74, 6) is 0.00260. The molecule has 0 radical (unpaired) electrons. The van der Waals surface area contributed by atoms with Gasteiger partial charge in [0.15, 0.2) is 23.1 Å². The lowest BCUT2D eigenvalue weighted by atomic mass is 10.1. The molecule has 0 unspecified atom stereocenters. The van der Waals surface area contributed by atoms with E-state index in [2.05, 4.69) is 0 Å². The first-order valence-corrected chi connectivity index (χ1v) is 7.01. The summed E-state index contributed by atoms with van der Waals surface area (Å²) in [5.41, 5.74) is 0.874. The third kappa shape index (κ3) is 3.63. The lowest BCUT2D eigenvalue weighted by molar-refractivity contribution is -0.157. The van der Waals surface area contributed by atoms with Gasteiger partial charge in [-0.1, -0.05) is 6.07 Å². The highest BCUT2D eigenvalue weighted by Crippen LogP contribution is 2.28. The van der Waals surface area contributed by atoms with Crippen molar-refractivity contribution in [2.24, 2.45) is 0 Å². The number of benzene rings is 1. The van der Waals surface area contributed by atoms with Crippen LogP contribution in [0.25, 0.3) is 0 Å². The predicted octanol–water partition coefficient (Wildman–Crippen LogP) is 1.48. The lowest BCUT2D eigenvalue weighted by Crippen LogP contribution is -2.28. The van der Waals surface area contributed by atoms with Crippen molar-refractivity contribution in [1.82, 2.24) is 0 Å². The van der Waals surface area contributed by atoms with Crippen LogP contribution in [0.5, 0.6) is 11.5 Å². The number of Topliss-reactive ketones (excluding diaryl/α,β-unsaturated/α-hetero) is 2. The SMILES string of the molecule is COc1ccc(CCC(=O)OC2C(=O)CCC2=O)cc1OC. The van der Waals surface area contributed by atoms with Gasteiger partial charge < -0.3 is 14.2 Å². The third-order valence-electron chi connectivity index (χ3n) is 3.52. The average molecular weight is 306 g/mol. The molecule has 6 heteroatoms. The van der Waals surface area contributed by atoms with Crippen LogP contribution in [0.15, 0.2) is 18.2 Å². The van der Waals surface area contributed by atoms with Crippen LogP contribution in [0.2, 0.25) is 0 Å². The largest absolute Gasteiger partial charge is 0.493 e. The van der Waals surface area contributed by atoms with Crippen molar-refractivity contribution in [2.75, 3.05) is 14.2 Å². The molecule has 1 fully saturated rings. The van der Waals surface area contributed by atoms with Crippen LogP contribution in [0.4, 0.5) is 0 Å². The van der Waals surface area contributed by atoms with E-state index in [9.17, 15) is 14.4 Å². The summed E-state index contributed by atoms with van der Waals surface area (Å²) in [5, 5.41) is 0. The Bertz CT molecular complexity index is 576. The van der Waals surface area contributed by atoms with E-state index in [1.165, 1.54) is 7.11 Å². The minimum absolute atomic E-state index is 0.0898. The third-order valence-corrected chi connectivity index (χ3v) is 3.52. The number of carbonyl (C=O) groups excluding carboxylic acids is 3. The second kappa shape index (κ2) is 7.06. The van der Waals surface area contributed by atoms with Gasteiger partial charge in [-0.15, -0.1) is 0 Å². The molecule has 0 aliphatic heterocycles. The number of rotatable bonds is 6. The Hall–Kier alpha value is -2.37. The van der Waals surface area contributed by atoms with E-state index in [0.717, 1.165) is 5.56 Å². The molecule has 0 spiro atoms.